The molecule has 1 aliphatic heterocycles. The summed E-state index contributed by atoms with van der Waals surface area (Å²) in [6.45, 7) is 2.65. The van der Waals surface area contributed by atoms with E-state index in [1.165, 1.54) is 0 Å². The number of furan rings is 1. The van der Waals surface area contributed by atoms with Gasteiger partial charge >= 0.3 is 6.18 Å². The number of nitrogens with two attached hydrogens (primary N) is 1. The number of nitrogens with zero attached hydrogens (tertiary/aromatic N) is 1. The lowest BCUT2D eigenvalue weighted by molar-refractivity contribution is -0.186. The van der Waals surface area contributed by atoms with Crippen molar-refractivity contribution in [2.24, 2.45) is 11.7 Å². The molecule has 0 spiro atoms. The van der Waals surface area contributed by atoms with E-state index >= 15 is 0 Å². The van der Waals surface area contributed by atoms with Gasteiger partial charge in [-0.3, -0.25) is 4.90 Å². The fourth-order valence-electron chi connectivity index (χ4n) is 2.74. The Bertz CT molecular complexity index is 381. The van der Waals surface area contributed by atoms with Crippen LogP contribution in [0.2, 0.25) is 0 Å². The summed E-state index contributed by atoms with van der Waals surface area (Å²) in [5, 5.41) is 0. The first-order valence-electron chi connectivity index (χ1n) is 6.49. The van der Waals surface area contributed by atoms with Gasteiger partial charge in [-0.1, -0.05) is 0 Å². The number of likely N-dealkylation sites (tertiary alicyclic amines) is 1. The van der Waals surface area contributed by atoms with E-state index in [-0.39, 0.29) is 24.9 Å². The Labute approximate surface area is 110 Å². The van der Waals surface area contributed by atoms with Crippen molar-refractivity contribution in [3.05, 3.63) is 24.2 Å². The summed E-state index contributed by atoms with van der Waals surface area (Å²) in [7, 11) is 0. The fraction of sp³-hybridized carbons (Fsp3) is 0.692. The topological polar surface area (TPSA) is 42.4 Å². The van der Waals surface area contributed by atoms with E-state index < -0.39 is 12.1 Å². The standard InChI is InChI=1S/C13H19F3N2O/c1-9(17)12(11-3-2-8-19-11)18-6-4-10(5-7-18)13(14,15)16/h2-3,8-10,12H,4-7,17H2,1H3. The first-order chi connectivity index (χ1) is 8.89. The molecule has 2 atom stereocenters. The van der Waals surface area contributed by atoms with Crippen LogP contribution in [-0.2, 0) is 0 Å². The first-order valence-corrected chi connectivity index (χ1v) is 6.49. The molecule has 2 heterocycles. The highest BCUT2D eigenvalue weighted by Crippen LogP contribution is 2.36. The molecule has 0 bridgehead atoms. The normalized spacial score (nSPS) is 22.4. The van der Waals surface area contributed by atoms with Crippen LogP contribution in [-0.4, -0.2) is 30.2 Å². The van der Waals surface area contributed by atoms with Gasteiger partial charge in [-0.05, 0) is 45.0 Å². The number of piperidine rings is 1. The predicted octanol–water partition coefficient (Wildman–Crippen LogP) is 2.94. The van der Waals surface area contributed by atoms with Crippen molar-refractivity contribution in [1.29, 1.82) is 0 Å². The molecule has 2 unspecified atom stereocenters. The van der Waals surface area contributed by atoms with Crippen LogP contribution in [0.3, 0.4) is 0 Å². The first kappa shape index (κ1) is 14.4. The Hall–Kier alpha value is -1.01. The fourth-order valence-corrected chi connectivity index (χ4v) is 2.74. The molecule has 108 valence electrons. The van der Waals surface area contributed by atoms with Crippen LogP contribution < -0.4 is 5.73 Å². The van der Waals surface area contributed by atoms with Crippen molar-refractivity contribution in [3.8, 4) is 0 Å². The third-order valence-corrected chi connectivity index (χ3v) is 3.72. The van der Waals surface area contributed by atoms with Crippen LogP contribution in [0.1, 0.15) is 31.6 Å². The molecule has 0 aromatic carbocycles. The van der Waals surface area contributed by atoms with Gasteiger partial charge in [0.05, 0.1) is 18.2 Å². The van der Waals surface area contributed by atoms with Crippen LogP contribution in [0.5, 0.6) is 0 Å². The monoisotopic (exact) mass is 276 g/mol. The molecule has 1 aliphatic rings. The maximum absolute atomic E-state index is 12.6. The Morgan fingerprint density at radius 2 is 2.00 bits per heavy atom. The van der Waals surface area contributed by atoms with Crippen molar-refractivity contribution in [1.82, 2.24) is 4.90 Å². The van der Waals surface area contributed by atoms with Crippen molar-refractivity contribution in [3.63, 3.8) is 0 Å². The van der Waals surface area contributed by atoms with Gasteiger partial charge in [0.15, 0.2) is 0 Å². The van der Waals surface area contributed by atoms with Crippen LogP contribution in [0.25, 0.3) is 0 Å². The summed E-state index contributed by atoms with van der Waals surface area (Å²) in [5.74, 6) is -0.463. The second kappa shape index (κ2) is 5.54. The molecule has 1 aromatic heterocycles. The minimum Gasteiger partial charge on any atom is -0.468 e. The van der Waals surface area contributed by atoms with E-state index in [0.717, 1.165) is 5.76 Å². The van der Waals surface area contributed by atoms with Gasteiger partial charge in [0.2, 0.25) is 0 Å². The summed E-state index contributed by atoms with van der Waals surface area (Å²) in [6, 6.07) is 3.26. The van der Waals surface area contributed by atoms with E-state index in [4.69, 9.17) is 10.2 Å². The van der Waals surface area contributed by atoms with Gasteiger partial charge in [-0.2, -0.15) is 13.2 Å². The zero-order chi connectivity index (χ0) is 14.0. The van der Waals surface area contributed by atoms with Gasteiger partial charge in [0.25, 0.3) is 0 Å². The molecule has 2 rings (SSSR count). The molecule has 1 aromatic rings. The van der Waals surface area contributed by atoms with Gasteiger partial charge in [0, 0.05) is 6.04 Å². The van der Waals surface area contributed by atoms with Gasteiger partial charge in [-0.25, -0.2) is 0 Å². The summed E-state index contributed by atoms with van der Waals surface area (Å²) in [5.41, 5.74) is 5.96. The maximum atomic E-state index is 12.6. The van der Waals surface area contributed by atoms with E-state index in [2.05, 4.69) is 0 Å². The summed E-state index contributed by atoms with van der Waals surface area (Å²) in [6.07, 6.45) is -2.26. The van der Waals surface area contributed by atoms with Crippen LogP contribution in [0.4, 0.5) is 13.2 Å². The quantitative estimate of drug-likeness (QED) is 0.923. The Morgan fingerprint density at radius 3 is 2.42 bits per heavy atom. The highest BCUT2D eigenvalue weighted by molar-refractivity contribution is 5.08. The third kappa shape index (κ3) is 3.30. The van der Waals surface area contributed by atoms with E-state index in [1.54, 1.807) is 12.3 Å². The van der Waals surface area contributed by atoms with E-state index in [1.807, 2.05) is 17.9 Å². The van der Waals surface area contributed by atoms with Gasteiger partial charge in [0.1, 0.15) is 5.76 Å². The molecule has 2 N–H and O–H groups in total. The lowest BCUT2D eigenvalue weighted by atomic mass is 9.93. The SMILES string of the molecule is CC(N)C(c1ccco1)N1CCC(C(F)(F)F)CC1. The summed E-state index contributed by atoms with van der Waals surface area (Å²) < 4.78 is 43.3. The zero-order valence-corrected chi connectivity index (χ0v) is 10.9. The summed E-state index contributed by atoms with van der Waals surface area (Å²) >= 11 is 0. The number of halogens is 3. The highest BCUT2D eigenvalue weighted by Gasteiger charge is 2.42. The molecular formula is C13H19F3N2O. The third-order valence-electron chi connectivity index (χ3n) is 3.72. The maximum Gasteiger partial charge on any atom is 0.391 e. The molecule has 0 aliphatic carbocycles. The van der Waals surface area contributed by atoms with Crippen molar-refractivity contribution < 1.29 is 17.6 Å². The number of hydrogen-bond acceptors (Lipinski definition) is 3. The molecule has 19 heavy (non-hydrogen) atoms. The highest BCUT2D eigenvalue weighted by atomic mass is 19.4. The second-order valence-electron chi connectivity index (χ2n) is 5.17. The lowest BCUT2D eigenvalue weighted by Crippen LogP contribution is -2.45. The van der Waals surface area contributed by atoms with Gasteiger partial charge < -0.3 is 10.2 Å². The number of hydrogen-bond donors (Lipinski definition) is 1. The Morgan fingerprint density at radius 1 is 1.37 bits per heavy atom. The van der Waals surface area contributed by atoms with Crippen molar-refractivity contribution in [2.45, 2.75) is 38.0 Å². The largest absolute Gasteiger partial charge is 0.468 e. The van der Waals surface area contributed by atoms with Crippen LogP contribution in [0, 0.1) is 5.92 Å². The van der Waals surface area contributed by atoms with Crippen molar-refractivity contribution in [2.75, 3.05) is 13.1 Å². The number of rotatable bonds is 3. The molecule has 3 nitrogen and oxygen atoms in total. The smallest absolute Gasteiger partial charge is 0.391 e. The minimum atomic E-state index is -4.08. The molecule has 6 heteroatoms. The summed E-state index contributed by atoms with van der Waals surface area (Å²) in [4.78, 5) is 1.99. The average Bonchev–Trinajstić information content (AvgIpc) is 2.82. The Balaban J connectivity index is 2.03. The zero-order valence-electron chi connectivity index (χ0n) is 10.9. The Kier molecular flexibility index (Phi) is 4.20. The molecule has 0 amide bonds. The van der Waals surface area contributed by atoms with Crippen LogP contribution in [0.15, 0.2) is 22.8 Å². The molecule has 0 saturated carbocycles. The van der Waals surface area contributed by atoms with Crippen LogP contribution >= 0.6 is 0 Å². The molecule has 1 saturated heterocycles. The predicted molar refractivity (Wildman–Crippen MR) is 65.5 cm³/mol. The second-order valence-corrected chi connectivity index (χ2v) is 5.17. The van der Waals surface area contributed by atoms with Crippen molar-refractivity contribution >= 4 is 0 Å². The molecular weight excluding hydrogens is 257 g/mol. The minimum absolute atomic E-state index is 0.132. The van der Waals surface area contributed by atoms with E-state index in [0.29, 0.717) is 13.1 Å². The average molecular weight is 276 g/mol. The number of alkyl halides is 3. The van der Waals surface area contributed by atoms with E-state index in [9.17, 15) is 13.2 Å². The van der Waals surface area contributed by atoms with Gasteiger partial charge in [-0.15, -0.1) is 0 Å². The molecule has 1 fully saturated rings. The lowest BCUT2D eigenvalue weighted by Gasteiger charge is -2.38. The molecule has 0 radical (unpaired) electrons.